The highest BCUT2D eigenvalue weighted by Crippen LogP contribution is 2.28. The first-order valence-electron chi connectivity index (χ1n) is 8.92. The zero-order chi connectivity index (χ0) is 18.4. The summed E-state index contributed by atoms with van der Waals surface area (Å²) in [6.07, 6.45) is 5.88. The van der Waals surface area contributed by atoms with E-state index in [4.69, 9.17) is 0 Å². The molecule has 0 atom stereocenters. The van der Waals surface area contributed by atoms with Gasteiger partial charge in [0.25, 0.3) is 5.56 Å². The molecule has 2 aromatic rings. The van der Waals surface area contributed by atoms with Gasteiger partial charge in [0.2, 0.25) is 10.0 Å². The molecule has 0 spiro atoms. The van der Waals surface area contributed by atoms with E-state index >= 15 is 0 Å². The number of aromatic amines is 1. The first-order chi connectivity index (χ1) is 12.5. The first-order valence-corrected chi connectivity index (χ1v) is 11.2. The van der Waals surface area contributed by atoms with Gasteiger partial charge in [0, 0.05) is 12.6 Å². The van der Waals surface area contributed by atoms with E-state index in [0.717, 1.165) is 37.4 Å². The van der Waals surface area contributed by atoms with Crippen LogP contribution < -0.4 is 10.3 Å². The number of nitrogens with one attached hydrogen (secondary N) is 2. The Balaban J connectivity index is 1.53. The average molecular weight is 397 g/mol. The fourth-order valence-corrected chi connectivity index (χ4v) is 5.42. The molecule has 3 rings (SSSR count). The molecule has 1 aliphatic heterocycles. The fraction of sp³-hybridized carbons (Fsp3) is 0.529. The minimum Gasteiger partial charge on any atom is -0.303 e. The van der Waals surface area contributed by atoms with Gasteiger partial charge in [0.1, 0.15) is 9.90 Å². The summed E-state index contributed by atoms with van der Waals surface area (Å²) in [5.74, 6) is 0. The van der Waals surface area contributed by atoms with Crippen molar-refractivity contribution in [3.63, 3.8) is 0 Å². The third-order valence-corrected chi connectivity index (χ3v) is 7.48. The van der Waals surface area contributed by atoms with Crippen molar-refractivity contribution in [1.82, 2.24) is 19.8 Å². The first kappa shape index (κ1) is 19.2. The molecule has 1 aliphatic rings. The van der Waals surface area contributed by atoms with Crippen LogP contribution in [0.2, 0.25) is 0 Å². The number of thiophene rings is 1. The second-order valence-electron chi connectivity index (χ2n) is 6.43. The Hall–Kier alpha value is -1.55. The lowest BCUT2D eigenvalue weighted by Crippen LogP contribution is -2.30. The molecule has 7 nitrogen and oxygen atoms in total. The number of sulfonamides is 1. The van der Waals surface area contributed by atoms with Crippen LogP contribution in [0.15, 0.2) is 33.3 Å². The zero-order valence-electron chi connectivity index (χ0n) is 14.6. The van der Waals surface area contributed by atoms with Gasteiger partial charge in [-0.3, -0.25) is 4.79 Å². The van der Waals surface area contributed by atoms with E-state index in [1.807, 2.05) is 0 Å². The zero-order valence-corrected chi connectivity index (χ0v) is 16.2. The Kier molecular flexibility index (Phi) is 6.58. The summed E-state index contributed by atoms with van der Waals surface area (Å²) < 4.78 is 27.8. The fourth-order valence-electron chi connectivity index (χ4n) is 3.02. The Morgan fingerprint density at radius 3 is 2.58 bits per heavy atom. The molecular weight excluding hydrogens is 372 g/mol. The van der Waals surface area contributed by atoms with Crippen molar-refractivity contribution in [2.75, 3.05) is 26.2 Å². The number of H-pyrrole nitrogens is 1. The van der Waals surface area contributed by atoms with Crippen molar-refractivity contribution in [3.05, 3.63) is 34.6 Å². The van der Waals surface area contributed by atoms with Crippen molar-refractivity contribution in [1.29, 1.82) is 0 Å². The van der Waals surface area contributed by atoms with Crippen molar-refractivity contribution < 1.29 is 8.42 Å². The number of hydrogen-bond acceptors (Lipinski definition) is 6. The van der Waals surface area contributed by atoms with Gasteiger partial charge in [-0.1, -0.05) is 12.8 Å². The van der Waals surface area contributed by atoms with E-state index in [2.05, 4.69) is 19.8 Å². The highest BCUT2D eigenvalue weighted by Gasteiger charge is 2.17. The van der Waals surface area contributed by atoms with Gasteiger partial charge in [0.05, 0.1) is 4.88 Å². The maximum Gasteiger partial charge on any atom is 0.264 e. The number of hydrogen-bond donors (Lipinski definition) is 2. The van der Waals surface area contributed by atoms with Gasteiger partial charge in [-0.15, -0.1) is 11.3 Å². The lowest BCUT2D eigenvalue weighted by molar-refractivity contribution is 0.282. The molecule has 0 aliphatic carbocycles. The summed E-state index contributed by atoms with van der Waals surface area (Å²) in [6, 6.07) is 6.23. The monoisotopic (exact) mass is 396 g/mol. The van der Waals surface area contributed by atoms with Gasteiger partial charge in [-0.2, -0.15) is 5.10 Å². The maximum atomic E-state index is 12.4. The Morgan fingerprint density at radius 1 is 1.12 bits per heavy atom. The molecule has 1 saturated heterocycles. The molecule has 0 bridgehead atoms. The minimum atomic E-state index is -3.52. The van der Waals surface area contributed by atoms with Gasteiger partial charge in [0.15, 0.2) is 0 Å². The van der Waals surface area contributed by atoms with Crippen molar-refractivity contribution in [2.45, 2.75) is 36.3 Å². The lowest BCUT2D eigenvalue weighted by Gasteiger charge is -2.19. The standard InChI is InChI=1S/C17H24N4O3S2/c22-16-8-6-14(19-20-16)15-7-9-17(25-15)26(23,24)18-10-5-13-21-11-3-1-2-4-12-21/h6-9,18H,1-5,10-13H2,(H,20,22). The minimum absolute atomic E-state index is 0.260. The molecular formula is C17H24N4O3S2. The number of rotatable bonds is 7. The Morgan fingerprint density at radius 2 is 1.88 bits per heavy atom. The van der Waals surface area contributed by atoms with E-state index < -0.39 is 10.0 Å². The lowest BCUT2D eigenvalue weighted by atomic mass is 10.2. The summed E-state index contributed by atoms with van der Waals surface area (Å²) in [6.45, 7) is 3.60. The van der Waals surface area contributed by atoms with Crippen molar-refractivity contribution in [2.24, 2.45) is 0 Å². The Labute approximate surface area is 157 Å². The molecule has 142 valence electrons. The molecule has 2 aromatic heterocycles. The summed E-state index contributed by atoms with van der Waals surface area (Å²) in [4.78, 5) is 14.2. The van der Waals surface area contributed by atoms with Crippen LogP contribution in [0, 0.1) is 0 Å². The van der Waals surface area contributed by atoms with Crippen LogP contribution in [0.4, 0.5) is 0 Å². The second kappa shape index (κ2) is 8.90. The predicted octanol–water partition coefficient (Wildman–Crippen LogP) is 2.04. The molecule has 2 N–H and O–H groups in total. The van der Waals surface area contributed by atoms with E-state index in [-0.39, 0.29) is 9.77 Å². The van der Waals surface area contributed by atoms with Crippen LogP contribution in [0.25, 0.3) is 10.6 Å². The summed E-state index contributed by atoms with van der Waals surface area (Å²) in [7, 11) is -3.52. The third-order valence-electron chi connectivity index (χ3n) is 4.42. The van der Waals surface area contributed by atoms with E-state index in [0.29, 0.717) is 17.1 Å². The van der Waals surface area contributed by atoms with Gasteiger partial charge in [-0.25, -0.2) is 18.2 Å². The van der Waals surface area contributed by atoms with Gasteiger partial charge in [-0.05, 0) is 57.1 Å². The highest BCUT2D eigenvalue weighted by atomic mass is 32.2. The van der Waals surface area contributed by atoms with Crippen LogP contribution >= 0.6 is 11.3 Å². The molecule has 0 aromatic carbocycles. The van der Waals surface area contributed by atoms with Crippen LogP contribution in [0.3, 0.4) is 0 Å². The van der Waals surface area contributed by atoms with Gasteiger partial charge >= 0.3 is 0 Å². The van der Waals surface area contributed by atoms with Crippen molar-refractivity contribution in [3.8, 4) is 10.6 Å². The topological polar surface area (TPSA) is 95.2 Å². The van der Waals surface area contributed by atoms with Crippen LogP contribution in [0.5, 0.6) is 0 Å². The molecule has 3 heterocycles. The normalized spacial score (nSPS) is 16.5. The number of aromatic nitrogens is 2. The van der Waals surface area contributed by atoms with Crippen molar-refractivity contribution >= 4 is 21.4 Å². The van der Waals surface area contributed by atoms with Crippen LogP contribution in [-0.2, 0) is 10.0 Å². The molecule has 0 unspecified atom stereocenters. The highest BCUT2D eigenvalue weighted by molar-refractivity contribution is 7.91. The maximum absolute atomic E-state index is 12.4. The molecule has 26 heavy (non-hydrogen) atoms. The summed E-state index contributed by atoms with van der Waals surface area (Å²) in [5.41, 5.74) is 0.265. The van der Waals surface area contributed by atoms with E-state index in [1.54, 1.807) is 18.2 Å². The van der Waals surface area contributed by atoms with E-state index in [9.17, 15) is 13.2 Å². The number of likely N-dealkylation sites (tertiary alicyclic amines) is 1. The molecule has 0 radical (unpaired) electrons. The average Bonchev–Trinajstić information content (AvgIpc) is 2.99. The van der Waals surface area contributed by atoms with E-state index in [1.165, 1.54) is 31.7 Å². The Bertz CT molecular complexity index is 848. The smallest absolute Gasteiger partial charge is 0.264 e. The number of nitrogens with zero attached hydrogens (tertiary/aromatic N) is 2. The van der Waals surface area contributed by atoms with Crippen LogP contribution in [0.1, 0.15) is 32.1 Å². The third kappa shape index (κ3) is 5.23. The SMILES string of the molecule is O=c1ccc(-c2ccc(S(=O)(=O)NCCCN3CCCCCC3)s2)n[nH]1. The molecule has 0 amide bonds. The summed E-state index contributed by atoms with van der Waals surface area (Å²) in [5, 5.41) is 6.29. The largest absolute Gasteiger partial charge is 0.303 e. The molecule has 1 fully saturated rings. The predicted molar refractivity (Wildman–Crippen MR) is 103 cm³/mol. The van der Waals surface area contributed by atoms with Gasteiger partial charge < -0.3 is 4.90 Å². The summed E-state index contributed by atoms with van der Waals surface area (Å²) >= 11 is 1.14. The molecule has 9 heteroatoms. The van der Waals surface area contributed by atoms with Crippen LogP contribution in [-0.4, -0.2) is 49.7 Å². The molecule has 0 saturated carbocycles. The second-order valence-corrected chi connectivity index (χ2v) is 9.51. The quantitative estimate of drug-likeness (QED) is 0.699.